The summed E-state index contributed by atoms with van der Waals surface area (Å²) in [6.45, 7) is 2.97. The van der Waals surface area contributed by atoms with E-state index < -0.39 is 0 Å². The van der Waals surface area contributed by atoms with E-state index in [1.807, 2.05) is 18.2 Å². The van der Waals surface area contributed by atoms with Gasteiger partial charge in [0, 0.05) is 25.7 Å². The topological polar surface area (TPSA) is 76.6 Å². The van der Waals surface area contributed by atoms with E-state index in [1.54, 1.807) is 19.4 Å². The first-order chi connectivity index (χ1) is 13.7. The van der Waals surface area contributed by atoms with E-state index in [4.69, 9.17) is 9.68 Å². The standard InChI is InChI=1S/C21H26FN5O.HI/c1-24-21(25-14-17-12-16(13-23)7-8-18(17)22)26-15-19(20-6-5-11-28-20)27-9-3-2-4-10-27;/h5-8,11-12,19H,2-4,9-10,14-15H2,1H3,(H2,24,25,26);1H. The molecule has 2 heterocycles. The van der Waals surface area contributed by atoms with E-state index in [1.165, 1.54) is 31.4 Å². The molecule has 1 unspecified atom stereocenters. The van der Waals surface area contributed by atoms with Gasteiger partial charge in [0.05, 0.1) is 23.9 Å². The molecule has 1 aromatic heterocycles. The number of rotatable bonds is 6. The normalized spacial score (nSPS) is 15.8. The molecule has 1 aliphatic rings. The molecule has 0 aliphatic carbocycles. The maximum atomic E-state index is 14.0. The molecule has 1 atom stereocenters. The van der Waals surface area contributed by atoms with Crippen LogP contribution in [0.25, 0.3) is 0 Å². The van der Waals surface area contributed by atoms with Crippen molar-refractivity contribution in [3.05, 3.63) is 59.3 Å². The zero-order valence-corrected chi connectivity index (χ0v) is 18.9. The lowest BCUT2D eigenvalue weighted by molar-refractivity contribution is 0.146. The lowest BCUT2D eigenvalue weighted by Gasteiger charge is -2.33. The Morgan fingerprint density at radius 2 is 2.07 bits per heavy atom. The number of benzene rings is 1. The molecular weight excluding hydrogens is 484 g/mol. The van der Waals surface area contributed by atoms with Gasteiger partial charge in [-0.25, -0.2) is 4.39 Å². The molecule has 0 bridgehead atoms. The zero-order chi connectivity index (χ0) is 19.8. The third-order valence-corrected chi connectivity index (χ3v) is 5.01. The number of halogens is 2. The molecule has 0 saturated carbocycles. The van der Waals surface area contributed by atoms with Crippen LogP contribution in [-0.2, 0) is 6.54 Å². The van der Waals surface area contributed by atoms with Gasteiger partial charge in [0.25, 0.3) is 0 Å². The van der Waals surface area contributed by atoms with E-state index in [0.29, 0.717) is 23.6 Å². The molecule has 1 aliphatic heterocycles. The van der Waals surface area contributed by atoms with Gasteiger partial charge < -0.3 is 15.1 Å². The maximum Gasteiger partial charge on any atom is 0.191 e. The summed E-state index contributed by atoms with van der Waals surface area (Å²) in [5.41, 5.74) is 0.866. The quantitative estimate of drug-likeness (QED) is 0.351. The summed E-state index contributed by atoms with van der Waals surface area (Å²) in [6.07, 6.45) is 5.35. The summed E-state index contributed by atoms with van der Waals surface area (Å²) in [7, 11) is 1.68. The van der Waals surface area contributed by atoms with Crippen LogP contribution in [0, 0.1) is 17.1 Å². The highest BCUT2D eigenvalue weighted by molar-refractivity contribution is 14.0. The van der Waals surface area contributed by atoms with Crippen LogP contribution in [0.2, 0.25) is 0 Å². The third kappa shape index (κ3) is 6.44. The first kappa shape index (κ1) is 23.2. The number of hydrogen-bond donors (Lipinski definition) is 2. The molecule has 0 amide bonds. The Kier molecular flexibility index (Phi) is 9.41. The van der Waals surface area contributed by atoms with E-state index in [9.17, 15) is 4.39 Å². The molecule has 1 saturated heterocycles. The van der Waals surface area contributed by atoms with Crippen LogP contribution in [-0.4, -0.2) is 37.5 Å². The largest absolute Gasteiger partial charge is 0.468 e. The van der Waals surface area contributed by atoms with Gasteiger partial charge in [-0.05, 0) is 56.3 Å². The Bertz CT molecular complexity index is 828. The number of hydrogen-bond acceptors (Lipinski definition) is 4. The Balaban J connectivity index is 0.00000300. The predicted molar refractivity (Wildman–Crippen MR) is 122 cm³/mol. The molecular formula is C21H27FIN5O. The van der Waals surface area contributed by atoms with Crippen molar-refractivity contribution in [3.8, 4) is 6.07 Å². The number of nitrogens with one attached hydrogen (secondary N) is 2. The summed E-state index contributed by atoms with van der Waals surface area (Å²) in [6, 6.07) is 10.4. The summed E-state index contributed by atoms with van der Waals surface area (Å²) in [5.74, 6) is 1.16. The van der Waals surface area contributed by atoms with Gasteiger partial charge in [-0.3, -0.25) is 9.89 Å². The molecule has 156 valence electrons. The van der Waals surface area contributed by atoms with Crippen LogP contribution in [0.1, 0.15) is 42.2 Å². The highest BCUT2D eigenvalue weighted by Crippen LogP contribution is 2.24. The molecule has 1 fully saturated rings. The highest BCUT2D eigenvalue weighted by atomic mass is 127. The summed E-state index contributed by atoms with van der Waals surface area (Å²) in [5, 5.41) is 15.4. The van der Waals surface area contributed by atoms with Crippen LogP contribution in [0.15, 0.2) is 46.0 Å². The number of nitrogens with zero attached hydrogens (tertiary/aromatic N) is 3. The van der Waals surface area contributed by atoms with Crippen LogP contribution in [0.5, 0.6) is 0 Å². The Morgan fingerprint density at radius 3 is 2.72 bits per heavy atom. The Morgan fingerprint density at radius 1 is 1.28 bits per heavy atom. The second kappa shape index (κ2) is 11.8. The van der Waals surface area contributed by atoms with Gasteiger partial charge in [-0.1, -0.05) is 6.42 Å². The number of nitriles is 1. The molecule has 0 spiro atoms. The number of piperidine rings is 1. The molecule has 0 radical (unpaired) electrons. The van der Waals surface area contributed by atoms with Crippen molar-refractivity contribution in [2.24, 2.45) is 4.99 Å². The minimum absolute atomic E-state index is 0. The lowest BCUT2D eigenvalue weighted by Crippen LogP contribution is -2.44. The molecule has 6 nitrogen and oxygen atoms in total. The molecule has 8 heteroatoms. The van der Waals surface area contributed by atoms with Crippen LogP contribution in [0.3, 0.4) is 0 Å². The fraction of sp³-hybridized carbons (Fsp3) is 0.429. The van der Waals surface area contributed by atoms with Gasteiger partial charge in [0.15, 0.2) is 5.96 Å². The summed E-state index contributed by atoms with van der Waals surface area (Å²) in [4.78, 5) is 6.66. The van der Waals surface area contributed by atoms with Gasteiger partial charge in [-0.15, -0.1) is 24.0 Å². The minimum Gasteiger partial charge on any atom is -0.468 e. The van der Waals surface area contributed by atoms with Crippen molar-refractivity contribution in [1.82, 2.24) is 15.5 Å². The second-order valence-corrected chi connectivity index (χ2v) is 6.85. The maximum absolute atomic E-state index is 14.0. The average Bonchev–Trinajstić information content (AvgIpc) is 3.27. The van der Waals surface area contributed by atoms with Crippen LogP contribution >= 0.6 is 24.0 Å². The van der Waals surface area contributed by atoms with Crippen LogP contribution in [0.4, 0.5) is 4.39 Å². The van der Waals surface area contributed by atoms with Gasteiger partial charge in [-0.2, -0.15) is 5.26 Å². The SMILES string of the molecule is CN=C(NCc1cc(C#N)ccc1F)NCC(c1ccco1)N1CCCCC1.I. The number of aliphatic imine (C=N–C) groups is 1. The van der Waals surface area contributed by atoms with Gasteiger partial charge in [0.1, 0.15) is 11.6 Å². The number of likely N-dealkylation sites (tertiary alicyclic amines) is 1. The molecule has 2 aromatic rings. The monoisotopic (exact) mass is 511 g/mol. The molecule has 2 N–H and O–H groups in total. The van der Waals surface area contributed by atoms with E-state index in [0.717, 1.165) is 18.8 Å². The summed E-state index contributed by atoms with van der Waals surface area (Å²) < 4.78 is 19.6. The van der Waals surface area contributed by atoms with Crippen molar-refractivity contribution >= 4 is 29.9 Å². The van der Waals surface area contributed by atoms with Crippen LogP contribution < -0.4 is 10.6 Å². The Labute approximate surface area is 188 Å². The van der Waals surface area contributed by atoms with Crippen molar-refractivity contribution in [2.45, 2.75) is 31.8 Å². The minimum atomic E-state index is -0.344. The number of furan rings is 1. The van der Waals surface area contributed by atoms with E-state index in [2.05, 4.69) is 20.5 Å². The predicted octanol–water partition coefficient (Wildman–Crippen LogP) is 3.80. The van der Waals surface area contributed by atoms with Gasteiger partial charge in [0.2, 0.25) is 0 Å². The fourth-order valence-corrected chi connectivity index (χ4v) is 3.49. The molecule has 1 aromatic carbocycles. The summed E-state index contributed by atoms with van der Waals surface area (Å²) >= 11 is 0. The zero-order valence-electron chi connectivity index (χ0n) is 16.5. The number of guanidine groups is 1. The van der Waals surface area contributed by atoms with E-state index in [-0.39, 0.29) is 42.4 Å². The molecule has 29 heavy (non-hydrogen) atoms. The Hall–Kier alpha value is -2.12. The van der Waals surface area contributed by atoms with Gasteiger partial charge >= 0.3 is 0 Å². The second-order valence-electron chi connectivity index (χ2n) is 6.85. The first-order valence-corrected chi connectivity index (χ1v) is 9.61. The van der Waals surface area contributed by atoms with Crippen molar-refractivity contribution in [1.29, 1.82) is 5.26 Å². The molecule has 3 rings (SSSR count). The lowest BCUT2D eigenvalue weighted by atomic mass is 10.1. The highest BCUT2D eigenvalue weighted by Gasteiger charge is 2.24. The van der Waals surface area contributed by atoms with Crippen molar-refractivity contribution in [3.63, 3.8) is 0 Å². The first-order valence-electron chi connectivity index (χ1n) is 9.61. The average molecular weight is 511 g/mol. The third-order valence-electron chi connectivity index (χ3n) is 5.01. The van der Waals surface area contributed by atoms with Crippen molar-refractivity contribution < 1.29 is 8.81 Å². The van der Waals surface area contributed by atoms with E-state index >= 15 is 0 Å². The fourth-order valence-electron chi connectivity index (χ4n) is 3.49. The smallest absolute Gasteiger partial charge is 0.191 e. The van der Waals surface area contributed by atoms with Crippen molar-refractivity contribution in [2.75, 3.05) is 26.7 Å².